The van der Waals surface area contributed by atoms with E-state index in [0.717, 1.165) is 25.7 Å². The van der Waals surface area contributed by atoms with Crippen LogP contribution in [0.15, 0.2) is 0 Å². The van der Waals surface area contributed by atoms with Gasteiger partial charge in [0.1, 0.15) is 0 Å². The quantitative estimate of drug-likeness (QED) is 0.676. The molecule has 0 bridgehead atoms. The van der Waals surface area contributed by atoms with Crippen molar-refractivity contribution in [3.8, 4) is 0 Å². The third kappa shape index (κ3) is 2.22. The lowest BCUT2D eigenvalue weighted by molar-refractivity contribution is 0.0661. The summed E-state index contributed by atoms with van der Waals surface area (Å²) in [5.74, 6) is 0. The van der Waals surface area contributed by atoms with Crippen molar-refractivity contribution in [1.29, 1.82) is 0 Å². The van der Waals surface area contributed by atoms with Crippen LogP contribution in [0.4, 0.5) is 0 Å². The maximum absolute atomic E-state index is 8.84. The molecule has 3 heteroatoms. The molecule has 2 aliphatic rings. The predicted octanol–water partition coefficient (Wildman–Crippen LogP) is 0.147. The van der Waals surface area contributed by atoms with Gasteiger partial charge in [-0.15, -0.1) is 0 Å². The summed E-state index contributed by atoms with van der Waals surface area (Å²) in [6, 6.07) is 1.58. The van der Waals surface area contributed by atoms with Crippen molar-refractivity contribution in [1.82, 2.24) is 9.80 Å². The first kappa shape index (κ1) is 9.44. The van der Waals surface area contributed by atoms with Crippen LogP contribution in [0.1, 0.15) is 19.8 Å². The summed E-state index contributed by atoms with van der Waals surface area (Å²) in [4.78, 5) is 5.00. The smallest absolute Gasteiger partial charge is 0.0558 e. The van der Waals surface area contributed by atoms with E-state index in [4.69, 9.17) is 5.11 Å². The number of hydrogen-bond acceptors (Lipinski definition) is 3. The lowest BCUT2D eigenvalue weighted by Crippen LogP contribution is -2.53. The minimum atomic E-state index is 0.302. The number of β-amino-alcohol motifs (C(OH)–C–C–N with tert-alkyl or cyclic N) is 1. The Hall–Kier alpha value is -0.120. The average Bonchev–Trinajstić information content (AvgIpc) is 2.88. The van der Waals surface area contributed by atoms with Crippen LogP contribution in [0.25, 0.3) is 0 Å². The van der Waals surface area contributed by atoms with Crippen LogP contribution in [-0.2, 0) is 0 Å². The van der Waals surface area contributed by atoms with Crippen molar-refractivity contribution in [2.75, 3.05) is 32.8 Å². The highest BCUT2D eigenvalue weighted by atomic mass is 16.3. The molecule has 0 aromatic carbocycles. The zero-order chi connectivity index (χ0) is 9.26. The summed E-state index contributed by atoms with van der Waals surface area (Å²) >= 11 is 0. The van der Waals surface area contributed by atoms with E-state index >= 15 is 0 Å². The Kier molecular flexibility index (Phi) is 2.86. The number of aliphatic hydroxyl groups is 1. The number of nitrogens with zero attached hydrogens (tertiary/aromatic N) is 2. The lowest BCUT2D eigenvalue weighted by atomic mass is 10.2. The Morgan fingerprint density at radius 2 is 2.08 bits per heavy atom. The lowest BCUT2D eigenvalue weighted by Gasteiger charge is -2.39. The fraction of sp³-hybridized carbons (Fsp3) is 1.00. The van der Waals surface area contributed by atoms with Gasteiger partial charge in [0, 0.05) is 38.3 Å². The Labute approximate surface area is 80.3 Å². The highest BCUT2D eigenvalue weighted by molar-refractivity contribution is 4.91. The largest absolute Gasteiger partial charge is 0.395 e. The minimum absolute atomic E-state index is 0.302. The van der Waals surface area contributed by atoms with E-state index in [1.807, 2.05) is 0 Å². The molecule has 0 aromatic rings. The van der Waals surface area contributed by atoms with Crippen LogP contribution in [0.5, 0.6) is 0 Å². The highest BCUT2D eigenvalue weighted by Crippen LogP contribution is 2.29. The molecule has 1 atom stereocenters. The molecule has 13 heavy (non-hydrogen) atoms. The van der Waals surface area contributed by atoms with Gasteiger partial charge in [0.2, 0.25) is 0 Å². The van der Waals surface area contributed by atoms with Gasteiger partial charge in [-0.2, -0.15) is 0 Å². The van der Waals surface area contributed by atoms with Crippen molar-refractivity contribution in [3.05, 3.63) is 0 Å². The average molecular weight is 184 g/mol. The third-order valence-electron chi connectivity index (χ3n) is 3.20. The van der Waals surface area contributed by atoms with Gasteiger partial charge < -0.3 is 5.11 Å². The van der Waals surface area contributed by atoms with Crippen LogP contribution in [0.2, 0.25) is 0 Å². The molecule has 2 fully saturated rings. The molecule has 0 amide bonds. The monoisotopic (exact) mass is 184 g/mol. The maximum Gasteiger partial charge on any atom is 0.0558 e. The summed E-state index contributed by atoms with van der Waals surface area (Å²) in [5.41, 5.74) is 0. The van der Waals surface area contributed by atoms with Crippen LogP contribution in [0.3, 0.4) is 0 Å². The molecule has 76 valence electrons. The molecular formula is C10H20N2O. The summed E-state index contributed by atoms with van der Waals surface area (Å²) in [6.07, 6.45) is 2.81. The van der Waals surface area contributed by atoms with Crippen LogP contribution in [-0.4, -0.2) is 59.8 Å². The standard InChI is InChI=1S/C10H20N2O/c1-9-8-11(6-7-13)4-5-12(9)10-2-3-10/h9-10,13H,2-8H2,1H3. The van der Waals surface area contributed by atoms with Crippen molar-refractivity contribution in [2.45, 2.75) is 31.8 Å². The van der Waals surface area contributed by atoms with Gasteiger partial charge >= 0.3 is 0 Å². The summed E-state index contributed by atoms with van der Waals surface area (Å²) in [6.45, 7) is 6.94. The number of aliphatic hydroxyl groups excluding tert-OH is 1. The molecule has 1 saturated heterocycles. The fourth-order valence-electron chi connectivity index (χ4n) is 2.34. The second-order valence-electron chi connectivity index (χ2n) is 4.34. The van der Waals surface area contributed by atoms with Gasteiger partial charge in [-0.1, -0.05) is 0 Å². The van der Waals surface area contributed by atoms with E-state index in [-0.39, 0.29) is 0 Å². The van der Waals surface area contributed by atoms with Gasteiger partial charge in [-0.3, -0.25) is 9.80 Å². The zero-order valence-electron chi connectivity index (χ0n) is 8.45. The highest BCUT2D eigenvalue weighted by Gasteiger charge is 2.34. The van der Waals surface area contributed by atoms with E-state index in [0.29, 0.717) is 12.6 Å². The molecule has 0 spiro atoms. The molecule has 2 rings (SSSR count). The molecule has 1 N–H and O–H groups in total. The summed E-state index contributed by atoms with van der Waals surface area (Å²) in [5, 5.41) is 8.84. The molecule has 1 aliphatic heterocycles. The number of rotatable bonds is 3. The third-order valence-corrected chi connectivity index (χ3v) is 3.20. The maximum atomic E-state index is 8.84. The predicted molar refractivity (Wildman–Crippen MR) is 52.7 cm³/mol. The molecule has 3 nitrogen and oxygen atoms in total. The molecule has 1 unspecified atom stereocenters. The topological polar surface area (TPSA) is 26.7 Å². The van der Waals surface area contributed by atoms with Crippen molar-refractivity contribution < 1.29 is 5.11 Å². The molecule has 0 aromatic heterocycles. The molecular weight excluding hydrogens is 164 g/mol. The summed E-state index contributed by atoms with van der Waals surface area (Å²) in [7, 11) is 0. The second-order valence-corrected chi connectivity index (χ2v) is 4.34. The Morgan fingerprint density at radius 3 is 2.62 bits per heavy atom. The van der Waals surface area contributed by atoms with Gasteiger partial charge in [0.15, 0.2) is 0 Å². The van der Waals surface area contributed by atoms with Gasteiger partial charge in [0.25, 0.3) is 0 Å². The van der Waals surface area contributed by atoms with Gasteiger partial charge in [-0.25, -0.2) is 0 Å². The van der Waals surface area contributed by atoms with Crippen LogP contribution >= 0.6 is 0 Å². The Balaban J connectivity index is 1.80. The van der Waals surface area contributed by atoms with E-state index in [1.165, 1.54) is 19.4 Å². The van der Waals surface area contributed by atoms with Crippen LogP contribution < -0.4 is 0 Å². The van der Waals surface area contributed by atoms with E-state index in [2.05, 4.69) is 16.7 Å². The van der Waals surface area contributed by atoms with Crippen molar-refractivity contribution in [3.63, 3.8) is 0 Å². The van der Waals surface area contributed by atoms with E-state index in [1.54, 1.807) is 0 Å². The molecule has 1 aliphatic carbocycles. The first-order valence-electron chi connectivity index (χ1n) is 5.40. The summed E-state index contributed by atoms with van der Waals surface area (Å²) < 4.78 is 0. The second kappa shape index (κ2) is 3.95. The Morgan fingerprint density at radius 1 is 1.31 bits per heavy atom. The first-order valence-corrected chi connectivity index (χ1v) is 5.40. The van der Waals surface area contributed by atoms with Gasteiger partial charge in [0.05, 0.1) is 6.61 Å². The first-order chi connectivity index (χ1) is 6.31. The van der Waals surface area contributed by atoms with E-state index < -0.39 is 0 Å². The normalized spacial score (nSPS) is 32.3. The number of hydrogen-bond donors (Lipinski definition) is 1. The SMILES string of the molecule is CC1CN(CCO)CCN1C1CC1. The molecule has 0 radical (unpaired) electrons. The minimum Gasteiger partial charge on any atom is -0.395 e. The fourth-order valence-corrected chi connectivity index (χ4v) is 2.34. The van der Waals surface area contributed by atoms with Crippen LogP contribution in [0, 0.1) is 0 Å². The molecule has 1 saturated carbocycles. The molecule has 1 heterocycles. The van der Waals surface area contributed by atoms with Crippen molar-refractivity contribution in [2.24, 2.45) is 0 Å². The van der Waals surface area contributed by atoms with Crippen molar-refractivity contribution >= 4 is 0 Å². The van der Waals surface area contributed by atoms with E-state index in [9.17, 15) is 0 Å². The van der Waals surface area contributed by atoms with Gasteiger partial charge in [-0.05, 0) is 19.8 Å². The zero-order valence-corrected chi connectivity index (χ0v) is 8.45. The number of piperazine rings is 1. The Bertz CT molecular complexity index is 170.